The number of nitro benzene ring substituents is 1. The van der Waals surface area contributed by atoms with E-state index in [0.717, 1.165) is 0 Å². The predicted molar refractivity (Wildman–Crippen MR) is 92.2 cm³/mol. The first-order valence-electron chi connectivity index (χ1n) is 7.26. The number of aromatic nitrogens is 2. The average molecular weight is 358 g/mol. The minimum Gasteiger partial charge on any atom is -0.277 e. The molecule has 0 bridgehead atoms. The van der Waals surface area contributed by atoms with E-state index in [4.69, 9.17) is 0 Å². The van der Waals surface area contributed by atoms with Crippen molar-refractivity contribution < 1.29 is 13.3 Å². The summed E-state index contributed by atoms with van der Waals surface area (Å²) in [6.45, 7) is 1.41. The third-order valence-electron chi connectivity index (χ3n) is 3.64. The number of sulfonamides is 1. The van der Waals surface area contributed by atoms with E-state index in [2.05, 4.69) is 9.82 Å². The van der Waals surface area contributed by atoms with E-state index in [1.54, 1.807) is 42.7 Å². The van der Waals surface area contributed by atoms with Gasteiger partial charge in [0, 0.05) is 24.0 Å². The van der Waals surface area contributed by atoms with Crippen LogP contribution in [0.3, 0.4) is 0 Å². The van der Waals surface area contributed by atoms with Crippen LogP contribution in [0.2, 0.25) is 0 Å². The van der Waals surface area contributed by atoms with E-state index in [1.165, 1.54) is 29.8 Å². The van der Waals surface area contributed by atoms with Crippen molar-refractivity contribution in [3.05, 3.63) is 76.6 Å². The van der Waals surface area contributed by atoms with Crippen LogP contribution in [0.1, 0.15) is 5.56 Å². The van der Waals surface area contributed by atoms with Crippen molar-refractivity contribution in [1.82, 2.24) is 9.78 Å². The molecule has 0 saturated carbocycles. The molecular weight excluding hydrogens is 344 g/mol. The smallest absolute Gasteiger partial charge is 0.273 e. The van der Waals surface area contributed by atoms with Crippen LogP contribution in [0.15, 0.2) is 65.8 Å². The molecule has 0 radical (unpaired) electrons. The Morgan fingerprint density at radius 1 is 1.12 bits per heavy atom. The topological polar surface area (TPSA) is 107 Å². The summed E-state index contributed by atoms with van der Waals surface area (Å²) in [6, 6.07) is 12.4. The summed E-state index contributed by atoms with van der Waals surface area (Å²) in [5.41, 5.74) is 0.691. The SMILES string of the molecule is Cc1c([N+](=O)[O-])cccc1S(=O)(=O)Nc1ccccc1-n1cccn1. The first-order valence-corrected chi connectivity index (χ1v) is 8.74. The highest BCUT2D eigenvalue weighted by molar-refractivity contribution is 7.92. The zero-order chi connectivity index (χ0) is 18.0. The molecule has 0 saturated heterocycles. The summed E-state index contributed by atoms with van der Waals surface area (Å²) in [5.74, 6) is 0. The summed E-state index contributed by atoms with van der Waals surface area (Å²) in [7, 11) is -4.01. The van der Waals surface area contributed by atoms with Crippen LogP contribution in [0, 0.1) is 17.0 Å². The molecule has 0 amide bonds. The van der Waals surface area contributed by atoms with Crippen molar-refractivity contribution in [2.45, 2.75) is 11.8 Å². The van der Waals surface area contributed by atoms with Crippen molar-refractivity contribution in [2.24, 2.45) is 0 Å². The Labute approximate surface area is 143 Å². The van der Waals surface area contributed by atoms with Gasteiger partial charge in [-0.25, -0.2) is 13.1 Å². The molecule has 128 valence electrons. The summed E-state index contributed by atoms with van der Waals surface area (Å²) in [4.78, 5) is 10.3. The third-order valence-corrected chi connectivity index (χ3v) is 5.15. The molecule has 0 atom stereocenters. The molecule has 3 rings (SSSR count). The van der Waals surface area contributed by atoms with Crippen molar-refractivity contribution in [3.63, 3.8) is 0 Å². The Morgan fingerprint density at radius 2 is 1.88 bits per heavy atom. The Morgan fingerprint density at radius 3 is 2.56 bits per heavy atom. The zero-order valence-corrected chi connectivity index (χ0v) is 14.0. The number of anilines is 1. The van der Waals surface area contributed by atoms with E-state index in [1.807, 2.05) is 0 Å². The molecule has 0 unspecified atom stereocenters. The van der Waals surface area contributed by atoms with Gasteiger partial charge in [0.1, 0.15) is 0 Å². The Hall–Kier alpha value is -3.20. The lowest BCUT2D eigenvalue weighted by molar-refractivity contribution is -0.385. The standard InChI is InChI=1S/C16H14N4O4S/c1-12-14(20(21)22)8-4-9-16(12)25(23,24)18-13-6-2-3-7-15(13)19-11-5-10-17-19/h2-11,18H,1H3. The highest BCUT2D eigenvalue weighted by Gasteiger charge is 2.23. The van der Waals surface area contributed by atoms with Gasteiger partial charge in [0.25, 0.3) is 15.7 Å². The lowest BCUT2D eigenvalue weighted by atomic mass is 10.2. The molecule has 8 nitrogen and oxygen atoms in total. The molecular formula is C16H14N4O4S. The summed E-state index contributed by atoms with van der Waals surface area (Å²) >= 11 is 0. The maximum atomic E-state index is 12.8. The molecule has 1 aromatic heterocycles. The molecule has 0 spiro atoms. The average Bonchev–Trinajstić information content (AvgIpc) is 3.09. The van der Waals surface area contributed by atoms with E-state index < -0.39 is 14.9 Å². The fourth-order valence-corrected chi connectivity index (χ4v) is 3.80. The van der Waals surface area contributed by atoms with Crippen molar-refractivity contribution in [2.75, 3.05) is 4.72 Å². The van der Waals surface area contributed by atoms with Gasteiger partial charge in [0.2, 0.25) is 0 Å². The van der Waals surface area contributed by atoms with E-state index in [9.17, 15) is 18.5 Å². The largest absolute Gasteiger partial charge is 0.277 e. The van der Waals surface area contributed by atoms with Crippen LogP contribution >= 0.6 is 0 Å². The van der Waals surface area contributed by atoms with Crippen LogP contribution in [-0.2, 0) is 10.0 Å². The lowest BCUT2D eigenvalue weighted by Gasteiger charge is -2.13. The Bertz CT molecular complexity index is 1030. The Balaban J connectivity index is 2.05. The monoisotopic (exact) mass is 358 g/mol. The number of nitro groups is 1. The lowest BCUT2D eigenvalue weighted by Crippen LogP contribution is -2.16. The molecule has 0 aliphatic carbocycles. The number of para-hydroxylation sites is 2. The summed E-state index contributed by atoms with van der Waals surface area (Å²) in [5, 5.41) is 15.1. The quantitative estimate of drug-likeness (QED) is 0.557. The van der Waals surface area contributed by atoms with Crippen LogP contribution in [0.5, 0.6) is 0 Å². The van der Waals surface area contributed by atoms with Gasteiger partial charge in [-0.1, -0.05) is 18.2 Å². The molecule has 9 heteroatoms. The van der Waals surface area contributed by atoms with Crippen LogP contribution in [0.25, 0.3) is 5.69 Å². The number of nitrogens with one attached hydrogen (secondary N) is 1. The highest BCUT2D eigenvalue weighted by atomic mass is 32.2. The van der Waals surface area contributed by atoms with Crippen molar-refractivity contribution in [1.29, 1.82) is 0 Å². The summed E-state index contributed by atoms with van der Waals surface area (Å²) in [6.07, 6.45) is 3.27. The number of hydrogen-bond acceptors (Lipinski definition) is 5. The predicted octanol–water partition coefficient (Wildman–Crippen LogP) is 2.89. The van der Waals surface area contributed by atoms with Gasteiger partial charge < -0.3 is 0 Å². The molecule has 25 heavy (non-hydrogen) atoms. The fraction of sp³-hybridized carbons (Fsp3) is 0.0625. The molecule has 0 fully saturated rings. The van der Waals surface area contributed by atoms with E-state index in [0.29, 0.717) is 11.4 Å². The van der Waals surface area contributed by atoms with Crippen LogP contribution in [0.4, 0.5) is 11.4 Å². The van der Waals surface area contributed by atoms with Crippen molar-refractivity contribution >= 4 is 21.4 Å². The van der Waals surface area contributed by atoms with Crippen molar-refractivity contribution in [3.8, 4) is 5.69 Å². The number of benzene rings is 2. The molecule has 1 N–H and O–H groups in total. The van der Waals surface area contributed by atoms with Gasteiger partial charge in [0.05, 0.1) is 21.2 Å². The fourth-order valence-electron chi connectivity index (χ4n) is 2.46. The maximum Gasteiger partial charge on any atom is 0.273 e. The van der Waals surface area contributed by atoms with E-state index >= 15 is 0 Å². The van der Waals surface area contributed by atoms with E-state index in [-0.39, 0.29) is 16.1 Å². The zero-order valence-electron chi connectivity index (χ0n) is 13.2. The minimum atomic E-state index is -4.01. The summed E-state index contributed by atoms with van der Waals surface area (Å²) < 4.78 is 29.5. The van der Waals surface area contributed by atoms with Gasteiger partial charge in [0.15, 0.2) is 0 Å². The molecule has 0 aliphatic heterocycles. The molecule has 3 aromatic rings. The Kier molecular flexibility index (Phi) is 4.24. The van der Waals surface area contributed by atoms with Gasteiger partial charge in [-0.05, 0) is 31.2 Å². The first kappa shape index (κ1) is 16.7. The number of nitrogens with zero attached hydrogens (tertiary/aromatic N) is 3. The normalized spacial score (nSPS) is 11.2. The molecule has 2 aromatic carbocycles. The van der Waals surface area contributed by atoms with Gasteiger partial charge >= 0.3 is 0 Å². The third kappa shape index (κ3) is 3.22. The second-order valence-electron chi connectivity index (χ2n) is 5.23. The van der Waals surface area contributed by atoms with Crippen LogP contribution < -0.4 is 4.72 Å². The number of rotatable bonds is 5. The number of hydrogen-bond donors (Lipinski definition) is 1. The maximum absolute atomic E-state index is 12.8. The second kappa shape index (κ2) is 6.36. The van der Waals surface area contributed by atoms with Gasteiger partial charge in [-0.15, -0.1) is 0 Å². The molecule has 1 heterocycles. The minimum absolute atomic E-state index is 0.0802. The first-order chi connectivity index (χ1) is 11.9. The van der Waals surface area contributed by atoms with Gasteiger partial charge in [-0.3, -0.25) is 14.8 Å². The second-order valence-corrected chi connectivity index (χ2v) is 6.88. The highest BCUT2D eigenvalue weighted by Crippen LogP contribution is 2.28. The molecule has 0 aliphatic rings. The van der Waals surface area contributed by atoms with Gasteiger partial charge in [-0.2, -0.15) is 5.10 Å². The van der Waals surface area contributed by atoms with Crippen LogP contribution in [-0.4, -0.2) is 23.1 Å².